The molecular formula is C12H22O6. The number of ether oxygens (including phenoxy) is 1. The first kappa shape index (κ1) is 21.6. The Balaban J connectivity index is -0.000000190. The van der Waals surface area contributed by atoms with Crippen LogP contribution in [0, 0.1) is 0 Å². The van der Waals surface area contributed by atoms with E-state index in [4.69, 9.17) is 15.3 Å². The summed E-state index contributed by atoms with van der Waals surface area (Å²) in [6.07, 6.45) is -0.560. The van der Waals surface area contributed by atoms with E-state index in [1.165, 1.54) is 21.0 Å². The Labute approximate surface area is 107 Å². The summed E-state index contributed by atoms with van der Waals surface area (Å²) in [6, 6.07) is 0. The van der Waals surface area contributed by atoms with E-state index in [9.17, 15) is 9.59 Å². The summed E-state index contributed by atoms with van der Waals surface area (Å²) in [5.41, 5.74) is 0.609. The lowest BCUT2D eigenvalue weighted by atomic mass is 10.4. The highest BCUT2D eigenvalue weighted by atomic mass is 16.5. The number of hydrogen-bond acceptors (Lipinski definition) is 5. The lowest BCUT2D eigenvalue weighted by Gasteiger charge is -1.91. The lowest BCUT2D eigenvalue weighted by molar-refractivity contribution is -0.136. The SMILES string of the molecule is C=C(C)C(=O)O.C=C(C)C(=O)OC.CC(O)CO. The van der Waals surface area contributed by atoms with Gasteiger partial charge in [0.25, 0.3) is 0 Å². The molecule has 106 valence electrons. The number of hydrogen-bond donors (Lipinski definition) is 3. The monoisotopic (exact) mass is 262 g/mol. The van der Waals surface area contributed by atoms with Crippen LogP contribution < -0.4 is 0 Å². The van der Waals surface area contributed by atoms with E-state index < -0.39 is 12.1 Å². The molecule has 3 N–H and O–H groups in total. The molecule has 0 aromatic heterocycles. The second-order valence-corrected chi connectivity index (χ2v) is 3.39. The summed E-state index contributed by atoms with van der Waals surface area (Å²) in [6.45, 7) is 10.9. The van der Waals surface area contributed by atoms with E-state index in [1.54, 1.807) is 6.92 Å². The Bertz CT molecular complexity index is 268. The molecule has 18 heavy (non-hydrogen) atoms. The van der Waals surface area contributed by atoms with Gasteiger partial charge in [-0.15, -0.1) is 0 Å². The van der Waals surface area contributed by atoms with E-state index in [0.29, 0.717) is 5.57 Å². The molecule has 0 heterocycles. The highest BCUT2D eigenvalue weighted by Crippen LogP contribution is 1.87. The third-order valence-electron chi connectivity index (χ3n) is 1.16. The predicted octanol–water partition coefficient (Wildman–Crippen LogP) is 0.742. The molecule has 0 radical (unpaired) electrons. The molecule has 0 saturated carbocycles. The van der Waals surface area contributed by atoms with Gasteiger partial charge in [0.15, 0.2) is 0 Å². The topological polar surface area (TPSA) is 104 Å². The minimum Gasteiger partial charge on any atom is -0.478 e. The molecule has 0 aromatic rings. The van der Waals surface area contributed by atoms with E-state index in [0.717, 1.165) is 0 Å². The van der Waals surface area contributed by atoms with Gasteiger partial charge in [0.05, 0.1) is 19.8 Å². The van der Waals surface area contributed by atoms with Crippen LogP contribution in [-0.2, 0) is 14.3 Å². The molecule has 6 heteroatoms. The van der Waals surface area contributed by atoms with Gasteiger partial charge in [-0.3, -0.25) is 0 Å². The second kappa shape index (κ2) is 13.4. The fraction of sp³-hybridized carbons (Fsp3) is 0.500. The summed E-state index contributed by atoms with van der Waals surface area (Å²) in [4.78, 5) is 19.8. The number of carboxylic acids is 1. The highest BCUT2D eigenvalue weighted by molar-refractivity contribution is 5.86. The van der Waals surface area contributed by atoms with Crippen LogP contribution in [0.2, 0.25) is 0 Å². The molecule has 0 aliphatic rings. The molecule has 0 bridgehead atoms. The molecule has 6 nitrogen and oxygen atoms in total. The van der Waals surface area contributed by atoms with Gasteiger partial charge in [-0.25, -0.2) is 9.59 Å². The second-order valence-electron chi connectivity index (χ2n) is 3.39. The van der Waals surface area contributed by atoms with Crippen LogP contribution >= 0.6 is 0 Å². The first-order valence-electron chi connectivity index (χ1n) is 5.01. The van der Waals surface area contributed by atoms with Gasteiger partial charge in [-0.05, 0) is 20.8 Å². The van der Waals surface area contributed by atoms with Gasteiger partial charge in [0, 0.05) is 11.1 Å². The Morgan fingerprint density at radius 2 is 1.50 bits per heavy atom. The Morgan fingerprint density at radius 1 is 1.22 bits per heavy atom. The smallest absolute Gasteiger partial charge is 0.332 e. The molecule has 0 rings (SSSR count). The molecule has 0 saturated heterocycles. The van der Waals surface area contributed by atoms with Crippen LogP contribution in [0.5, 0.6) is 0 Å². The predicted molar refractivity (Wildman–Crippen MR) is 68.0 cm³/mol. The maximum absolute atomic E-state index is 10.2. The van der Waals surface area contributed by atoms with Crippen LogP contribution in [0.15, 0.2) is 24.3 Å². The number of methoxy groups -OCH3 is 1. The van der Waals surface area contributed by atoms with Crippen molar-refractivity contribution in [1.29, 1.82) is 0 Å². The fourth-order valence-electron chi connectivity index (χ4n) is 0.174. The number of carbonyl (C=O) groups excluding carboxylic acids is 1. The minimum absolute atomic E-state index is 0.139. The van der Waals surface area contributed by atoms with Crippen molar-refractivity contribution < 1.29 is 29.6 Å². The largest absolute Gasteiger partial charge is 0.478 e. The lowest BCUT2D eigenvalue weighted by Crippen LogP contribution is -2.03. The number of aliphatic hydroxyl groups is 2. The minimum atomic E-state index is -0.935. The standard InChI is InChI=1S/C5H8O2.C4H6O2.C3H8O2/c1-4(2)5(6)7-3;1-3(2)4(5)6;1-3(5)2-4/h1H2,2-3H3;1H2,2H3,(H,5,6);3-5H,2H2,1H3. The van der Waals surface area contributed by atoms with Crippen molar-refractivity contribution in [1.82, 2.24) is 0 Å². The van der Waals surface area contributed by atoms with Crippen molar-refractivity contribution >= 4 is 11.9 Å². The van der Waals surface area contributed by atoms with E-state index in [2.05, 4.69) is 17.9 Å². The van der Waals surface area contributed by atoms with Crippen molar-refractivity contribution in [3.05, 3.63) is 24.3 Å². The van der Waals surface area contributed by atoms with Crippen LogP contribution in [0.25, 0.3) is 0 Å². The zero-order chi connectivity index (χ0) is 15.3. The van der Waals surface area contributed by atoms with Gasteiger partial charge in [-0.2, -0.15) is 0 Å². The summed E-state index contributed by atoms with van der Waals surface area (Å²) < 4.78 is 4.27. The van der Waals surface area contributed by atoms with E-state index >= 15 is 0 Å². The third-order valence-corrected chi connectivity index (χ3v) is 1.16. The van der Waals surface area contributed by atoms with Crippen molar-refractivity contribution in [2.75, 3.05) is 13.7 Å². The Hall–Kier alpha value is -1.66. The molecular weight excluding hydrogens is 240 g/mol. The van der Waals surface area contributed by atoms with E-state index in [-0.39, 0.29) is 18.1 Å². The molecule has 0 aliphatic heterocycles. The number of esters is 1. The molecule has 1 unspecified atom stereocenters. The summed E-state index contributed by atoms with van der Waals surface area (Å²) in [5.74, 6) is -1.28. The molecule has 1 atom stereocenters. The van der Waals surface area contributed by atoms with Gasteiger partial charge < -0.3 is 20.1 Å². The van der Waals surface area contributed by atoms with Gasteiger partial charge >= 0.3 is 11.9 Å². The molecule has 0 aliphatic carbocycles. The Kier molecular flexibility index (Phi) is 16.1. The van der Waals surface area contributed by atoms with Gasteiger partial charge in [-0.1, -0.05) is 13.2 Å². The third kappa shape index (κ3) is 23.9. The van der Waals surface area contributed by atoms with Crippen molar-refractivity contribution in [2.45, 2.75) is 26.9 Å². The number of rotatable bonds is 3. The summed E-state index contributed by atoms with van der Waals surface area (Å²) in [7, 11) is 1.33. The van der Waals surface area contributed by atoms with Crippen LogP contribution in [-0.4, -0.2) is 47.1 Å². The van der Waals surface area contributed by atoms with Gasteiger partial charge in [0.2, 0.25) is 0 Å². The Morgan fingerprint density at radius 3 is 1.50 bits per heavy atom. The number of carbonyl (C=O) groups is 2. The maximum atomic E-state index is 10.2. The average Bonchev–Trinajstić information content (AvgIpc) is 2.29. The number of aliphatic carboxylic acids is 1. The van der Waals surface area contributed by atoms with E-state index in [1.807, 2.05) is 0 Å². The first-order chi connectivity index (χ1) is 8.09. The fourth-order valence-corrected chi connectivity index (χ4v) is 0.174. The highest BCUT2D eigenvalue weighted by Gasteiger charge is 1.95. The normalized spacial score (nSPS) is 9.67. The van der Waals surface area contributed by atoms with Crippen molar-refractivity contribution in [2.24, 2.45) is 0 Å². The first-order valence-corrected chi connectivity index (χ1v) is 5.01. The maximum Gasteiger partial charge on any atom is 0.332 e. The molecule has 0 spiro atoms. The molecule has 0 fully saturated rings. The number of aliphatic hydroxyl groups excluding tert-OH is 2. The quantitative estimate of drug-likeness (QED) is 0.512. The molecule has 0 aromatic carbocycles. The van der Waals surface area contributed by atoms with Crippen molar-refractivity contribution in [3.8, 4) is 0 Å². The van der Waals surface area contributed by atoms with Crippen LogP contribution in [0.1, 0.15) is 20.8 Å². The zero-order valence-electron chi connectivity index (χ0n) is 11.3. The van der Waals surface area contributed by atoms with Crippen LogP contribution in [0.3, 0.4) is 0 Å². The summed E-state index contributed by atoms with van der Waals surface area (Å²) >= 11 is 0. The van der Waals surface area contributed by atoms with Gasteiger partial charge in [0.1, 0.15) is 0 Å². The van der Waals surface area contributed by atoms with Crippen LogP contribution in [0.4, 0.5) is 0 Å². The average molecular weight is 262 g/mol. The number of carboxylic acid groups (broad SMARTS) is 1. The summed E-state index contributed by atoms with van der Waals surface area (Å²) in [5, 5.41) is 23.9. The van der Waals surface area contributed by atoms with Crippen molar-refractivity contribution in [3.63, 3.8) is 0 Å². The zero-order valence-corrected chi connectivity index (χ0v) is 11.3. The molecule has 0 amide bonds.